The maximum Gasteiger partial charge on any atom is 0.161 e. The summed E-state index contributed by atoms with van der Waals surface area (Å²) < 4.78 is 24.7. The van der Waals surface area contributed by atoms with Gasteiger partial charge in [-0.05, 0) is 81.5 Å². The minimum absolute atomic E-state index is 0.217. The highest BCUT2D eigenvalue weighted by Gasteiger charge is 2.41. The summed E-state index contributed by atoms with van der Waals surface area (Å²) in [7, 11) is 1.65. The minimum Gasteiger partial charge on any atom is -0.493 e. The Morgan fingerprint density at radius 1 is 1.16 bits per heavy atom. The predicted octanol–water partition coefficient (Wildman–Crippen LogP) is 5.08. The molecular formula is C25H29FN3O2. The summed E-state index contributed by atoms with van der Waals surface area (Å²) in [6.07, 6.45) is 6.98. The average Bonchev–Trinajstić information content (AvgIpc) is 3.30. The first-order valence-corrected chi connectivity index (χ1v) is 11.3. The summed E-state index contributed by atoms with van der Waals surface area (Å²) >= 11 is 0. The molecule has 2 atom stereocenters. The van der Waals surface area contributed by atoms with E-state index in [-0.39, 0.29) is 5.82 Å². The zero-order chi connectivity index (χ0) is 21.2. The van der Waals surface area contributed by atoms with E-state index in [1.54, 1.807) is 19.2 Å². The van der Waals surface area contributed by atoms with Gasteiger partial charge in [0.05, 0.1) is 24.9 Å². The van der Waals surface area contributed by atoms with E-state index in [9.17, 15) is 4.39 Å². The highest BCUT2D eigenvalue weighted by atomic mass is 19.1. The second-order valence-corrected chi connectivity index (χ2v) is 8.72. The number of ether oxygens (including phenoxy) is 2. The van der Waals surface area contributed by atoms with Crippen LogP contribution in [0.4, 0.5) is 4.39 Å². The second kappa shape index (κ2) is 8.87. The third-order valence-electron chi connectivity index (χ3n) is 6.90. The van der Waals surface area contributed by atoms with Crippen molar-refractivity contribution < 1.29 is 13.9 Å². The number of aromatic amines is 1. The molecule has 163 valence electrons. The Bertz CT molecular complexity index is 1020. The third-order valence-corrected chi connectivity index (χ3v) is 6.90. The molecule has 2 aliphatic rings. The molecule has 6 heteroatoms. The topological polar surface area (TPSA) is 50.4 Å². The van der Waals surface area contributed by atoms with Gasteiger partial charge in [0.15, 0.2) is 11.5 Å². The lowest BCUT2D eigenvalue weighted by Gasteiger charge is -2.38. The van der Waals surface area contributed by atoms with Gasteiger partial charge in [0.25, 0.3) is 0 Å². The quantitative estimate of drug-likeness (QED) is 0.515. The number of halogens is 1. The first-order valence-electron chi connectivity index (χ1n) is 11.3. The number of piperidine rings is 1. The third kappa shape index (κ3) is 4.13. The fraction of sp³-hybridized carbons (Fsp3) is 0.480. The smallest absolute Gasteiger partial charge is 0.161 e. The van der Waals surface area contributed by atoms with Gasteiger partial charge in [-0.25, -0.2) is 4.39 Å². The molecule has 0 aliphatic carbocycles. The number of nitrogens with one attached hydrogen (secondary N) is 1. The van der Waals surface area contributed by atoms with Crippen LogP contribution in [0.2, 0.25) is 0 Å². The van der Waals surface area contributed by atoms with Crippen LogP contribution < -0.4 is 9.47 Å². The zero-order valence-corrected chi connectivity index (χ0v) is 17.9. The highest BCUT2D eigenvalue weighted by Crippen LogP contribution is 2.44. The van der Waals surface area contributed by atoms with Crippen molar-refractivity contribution in [3.8, 4) is 11.5 Å². The maximum atomic E-state index is 13.5. The van der Waals surface area contributed by atoms with Crippen LogP contribution in [0.3, 0.4) is 0 Å². The number of hydrogen-bond acceptors (Lipinski definition) is 4. The monoisotopic (exact) mass is 422 g/mol. The van der Waals surface area contributed by atoms with E-state index in [1.165, 1.54) is 18.9 Å². The van der Waals surface area contributed by atoms with E-state index in [4.69, 9.17) is 9.47 Å². The van der Waals surface area contributed by atoms with Crippen LogP contribution in [0.25, 0.3) is 10.9 Å². The number of H-pyrrole nitrogens is 1. The fourth-order valence-corrected chi connectivity index (χ4v) is 5.44. The molecule has 5 nitrogen and oxygen atoms in total. The van der Waals surface area contributed by atoms with Gasteiger partial charge in [0.1, 0.15) is 5.82 Å². The molecule has 1 aromatic heterocycles. The molecule has 3 heterocycles. The standard InChI is InChI=1S/C25H29FN3O2/c1-30-23-6-2-3-7-24(23)31-13-5-4-12-29-19-9-10-20(29)15-17(14-19)25-21-11-8-18(26)16-22(21)27-28-25/h3,6-8,11,16-17,19-20H,4-5,9-10,12-15H2,1H3,(H,27,28). The molecule has 1 radical (unpaired) electrons. The number of nitrogens with zero attached hydrogens (tertiary/aromatic N) is 2. The van der Waals surface area contributed by atoms with Gasteiger partial charge in [-0.2, -0.15) is 5.10 Å². The predicted molar refractivity (Wildman–Crippen MR) is 118 cm³/mol. The zero-order valence-electron chi connectivity index (χ0n) is 17.9. The van der Waals surface area contributed by atoms with Crippen LogP contribution in [-0.2, 0) is 0 Å². The molecule has 3 aromatic rings. The van der Waals surface area contributed by atoms with Crippen LogP contribution in [0.1, 0.15) is 50.1 Å². The van der Waals surface area contributed by atoms with Gasteiger partial charge in [-0.3, -0.25) is 10.00 Å². The lowest BCUT2D eigenvalue weighted by Crippen LogP contribution is -2.42. The number of aromatic nitrogens is 2. The molecular weight excluding hydrogens is 393 g/mol. The van der Waals surface area contributed by atoms with Crippen molar-refractivity contribution in [3.63, 3.8) is 0 Å². The van der Waals surface area contributed by atoms with E-state index >= 15 is 0 Å². The Morgan fingerprint density at radius 3 is 2.81 bits per heavy atom. The largest absolute Gasteiger partial charge is 0.493 e. The average molecular weight is 423 g/mol. The van der Waals surface area contributed by atoms with E-state index in [1.807, 2.05) is 18.2 Å². The number of methoxy groups -OCH3 is 1. The molecule has 0 spiro atoms. The van der Waals surface area contributed by atoms with Gasteiger partial charge < -0.3 is 9.47 Å². The SMILES string of the molecule is COc1c[c]ccc1OCCCCN1C2CCC1CC(c1n[nH]c3cc(F)ccc13)C2. The molecule has 0 amide bonds. The van der Waals surface area contributed by atoms with Gasteiger partial charge in [-0.15, -0.1) is 0 Å². The van der Waals surface area contributed by atoms with E-state index in [0.29, 0.717) is 24.6 Å². The Hall–Kier alpha value is -2.60. The molecule has 31 heavy (non-hydrogen) atoms. The van der Waals surface area contributed by atoms with Gasteiger partial charge in [0.2, 0.25) is 0 Å². The summed E-state index contributed by atoms with van der Waals surface area (Å²) in [6.45, 7) is 1.82. The van der Waals surface area contributed by atoms with E-state index < -0.39 is 0 Å². The minimum atomic E-state index is -0.217. The molecule has 2 unspecified atom stereocenters. The van der Waals surface area contributed by atoms with Crippen LogP contribution in [0.15, 0.2) is 36.4 Å². The summed E-state index contributed by atoms with van der Waals surface area (Å²) in [5, 5.41) is 8.68. The van der Waals surface area contributed by atoms with Crippen molar-refractivity contribution in [2.75, 3.05) is 20.3 Å². The summed E-state index contributed by atoms with van der Waals surface area (Å²) in [5.41, 5.74) is 1.92. The highest BCUT2D eigenvalue weighted by molar-refractivity contribution is 5.81. The Balaban J connectivity index is 1.14. The van der Waals surface area contributed by atoms with Crippen LogP contribution in [0.5, 0.6) is 11.5 Å². The molecule has 1 N–H and O–H groups in total. The van der Waals surface area contributed by atoms with Crippen molar-refractivity contribution in [2.45, 2.75) is 56.5 Å². The lowest BCUT2D eigenvalue weighted by atomic mass is 9.86. The van der Waals surface area contributed by atoms with Crippen molar-refractivity contribution >= 4 is 10.9 Å². The normalized spacial score (nSPS) is 23.4. The molecule has 2 saturated heterocycles. The lowest BCUT2D eigenvalue weighted by molar-refractivity contribution is 0.121. The van der Waals surface area contributed by atoms with Crippen molar-refractivity contribution in [2.24, 2.45) is 0 Å². The van der Waals surface area contributed by atoms with E-state index in [0.717, 1.165) is 60.3 Å². The van der Waals surface area contributed by atoms with Crippen molar-refractivity contribution in [3.05, 3.63) is 54.0 Å². The molecule has 0 saturated carbocycles. The molecule has 2 fully saturated rings. The molecule has 2 bridgehead atoms. The molecule has 2 aliphatic heterocycles. The number of fused-ring (bicyclic) bond motifs is 3. The van der Waals surface area contributed by atoms with Crippen molar-refractivity contribution in [1.82, 2.24) is 15.1 Å². The Labute approximate surface area is 182 Å². The van der Waals surface area contributed by atoms with E-state index in [2.05, 4.69) is 21.2 Å². The number of rotatable bonds is 8. The first-order chi connectivity index (χ1) is 15.2. The molecule has 5 rings (SSSR count). The number of benzene rings is 2. The van der Waals surface area contributed by atoms with Gasteiger partial charge >= 0.3 is 0 Å². The van der Waals surface area contributed by atoms with Crippen molar-refractivity contribution in [1.29, 1.82) is 0 Å². The summed E-state index contributed by atoms with van der Waals surface area (Å²) in [5.74, 6) is 1.76. The van der Waals surface area contributed by atoms with Crippen LogP contribution >= 0.6 is 0 Å². The van der Waals surface area contributed by atoms with Crippen LogP contribution in [-0.4, -0.2) is 47.4 Å². The fourth-order valence-electron chi connectivity index (χ4n) is 5.44. The first kappa shape index (κ1) is 20.3. The Morgan fingerprint density at radius 2 is 2.00 bits per heavy atom. The van der Waals surface area contributed by atoms with Crippen LogP contribution in [0, 0.1) is 11.9 Å². The molecule has 2 aromatic carbocycles. The summed E-state index contributed by atoms with van der Waals surface area (Å²) in [4.78, 5) is 2.71. The number of unbranched alkanes of at least 4 members (excludes halogenated alkanes) is 1. The number of hydrogen-bond donors (Lipinski definition) is 1. The van der Waals surface area contributed by atoms with Gasteiger partial charge in [-0.1, -0.05) is 6.07 Å². The summed E-state index contributed by atoms with van der Waals surface area (Å²) in [6, 6.07) is 14.8. The second-order valence-electron chi connectivity index (χ2n) is 8.72. The Kier molecular flexibility index (Phi) is 5.81. The maximum absolute atomic E-state index is 13.5. The van der Waals surface area contributed by atoms with Gasteiger partial charge in [0, 0.05) is 23.4 Å².